The van der Waals surface area contributed by atoms with E-state index in [0.717, 1.165) is 27.8 Å². The highest BCUT2D eigenvalue weighted by atomic mass is 32.2. The monoisotopic (exact) mass is 498 g/mol. The molecule has 0 radical (unpaired) electrons. The molecule has 4 rings (SSSR count). The van der Waals surface area contributed by atoms with E-state index in [9.17, 15) is 13.2 Å². The molecule has 0 aromatic heterocycles. The number of nitrogens with zero attached hydrogens (tertiary/aromatic N) is 1. The number of rotatable bonds is 8. The summed E-state index contributed by atoms with van der Waals surface area (Å²) in [6.07, 6.45) is 0. The van der Waals surface area contributed by atoms with E-state index in [-0.39, 0.29) is 11.4 Å². The maximum absolute atomic E-state index is 13.7. The summed E-state index contributed by atoms with van der Waals surface area (Å²) in [6.45, 7) is 5.40. The Balaban J connectivity index is 1.72. The highest BCUT2D eigenvalue weighted by Gasteiger charge is 2.29. The van der Waals surface area contributed by atoms with Gasteiger partial charge in [0.15, 0.2) is 0 Å². The number of sulfonamides is 1. The highest BCUT2D eigenvalue weighted by molar-refractivity contribution is 7.92. The van der Waals surface area contributed by atoms with Gasteiger partial charge in [-0.25, -0.2) is 8.42 Å². The number of carbonyl (C=O) groups excluding carboxylic acids is 1. The fourth-order valence-electron chi connectivity index (χ4n) is 4.20. The van der Waals surface area contributed by atoms with Crippen molar-refractivity contribution in [1.82, 2.24) is 5.32 Å². The van der Waals surface area contributed by atoms with Crippen molar-refractivity contribution in [3.8, 4) is 0 Å². The van der Waals surface area contributed by atoms with Crippen molar-refractivity contribution in [2.45, 2.75) is 31.7 Å². The molecule has 184 valence electrons. The Morgan fingerprint density at radius 3 is 2.03 bits per heavy atom. The molecule has 4 aromatic rings. The first-order chi connectivity index (χ1) is 17.3. The minimum Gasteiger partial charge on any atom is -0.344 e. The number of nitrogens with one attached hydrogen (secondary N) is 1. The van der Waals surface area contributed by atoms with E-state index in [4.69, 9.17) is 0 Å². The first-order valence-electron chi connectivity index (χ1n) is 11.8. The maximum atomic E-state index is 13.7. The molecule has 1 atom stereocenters. The normalized spacial score (nSPS) is 12.1. The SMILES string of the molecule is Cc1cccc(C(NC(=O)CN(c2cc(C)ccc2C)S(=O)(=O)c2ccccc2)c2ccccc2)c1. The molecule has 36 heavy (non-hydrogen) atoms. The van der Waals surface area contributed by atoms with Gasteiger partial charge in [0.25, 0.3) is 10.0 Å². The first-order valence-corrected chi connectivity index (χ1v) is 13.3. The van der Waals surface area contributed by atoms with Crippen molar-refractivity contribution in [1.29, 1.82) is 0 Å². The van der Waals surface area contributed by atoms with Crippen molar-refractivity contribution in [3.05, 3.63) is 131 Å². The molecule has 0 aliphatic carbocycles. The largest absolute Gasteiger partial charge is 0.344 e. The number of hydrogen-bond acceptors (Lipinski definition) is 3. The van der Waals surface area contributed by atoms with Crippen molar-refractivity contribution in [2.75, 3.05) is 10.8 Å². The van der Waals surface area contributed by atoms with Crippen LogP contribution in [0.25, 0.3) is 0 Å². The van der Waals surface area contributed by atoms with Gasteiger partial charge < -0.3 is 5.32 Å². The smallest absolute Gasteiger partial charge is 0.264 e. The standard InChI is InChI=1S/C30H30N2O3S/c1-22-11-10-14-26(19-22)30(25-12-6-4-7-13-25)31-29(33)21-32(28-20-23(2)17-18-24(28)3)36(34,35)27-15-8-5-9-16-27/h4-20,30H,21H2,1-3H3,(H,31,33). The number of aryl methyl sites for hydroxylation is 3. The van der Waals surface area contributed by atoms with Crippen LogP contribution in [-0.2, 0) is 14.8 Å². The summed E-state index contributed by atoms with van der Waals surface area (Å²) in [7, 11) is -3.99. The quantitative estimate of drug-likeness (QED) is 0.338. The lowest BCUT2D eigenvalue weighted by Gasteiger charge is -2.27. The number of benzene rings is 4. The second-order valence-corrected chi connectivity index (χ2v) is 10.8. The molecular weight excluding hydrogens is 468 g/mol. The zero-order valence-electron chi connectivity index (χ0n) is 20.7. The van der Waals surface area contributed by atoms with E-state index in [1.807, 2.05) is 87.5 Å². The highest BCUT2D eigenvalue weighted by Crippen LogP contribution is 2.28. The minimum absolute atomic E-state index is 0.136. The zero-order valence-corrected chi connectivity index (χ0v) is 21.5. The van der Waals surface area contributed by atoms with Crippen LogP contribution in [0.5, 0.6) is 0 Å². The third-order valence-corrected chi connectivity index (χ3v) is 7.84. The maximum Gasteiger partial charge on any atom is 0.264 e. The summed E-state index contributed by atoms with van der Waals surface area (Å²) < 4.78 is 28.7. The van der Waals surface area contributed by atoms with Crippen LogP contribution in [0, 0.1) is 20.8 Å². The van der Waals surface area contributed by atoms with Crippen LogP contribution >= 0.6 is 0 Å². The Morgan fingerprint density at radius 2 is 1.36 bits per heavy atom. The molecule has 6 heteroatoms. The van der Waals surface area contributed by atoms with Gasteiger partial charge in [-0.3, -0.25) is 9.10 Å². The zero-order chi connectivity index (χ0) is 25.7. The van der Waals surface area contributed by atoms with Gasteiger partial charge in [0, 0.05) is 0 Å². The predicted octanol–water partition coefficient (Wildman–Crippen LogP) is 5.71. The van der Waals surface area contributed by atoms with Crippen LogP contribution in [0.4, 0.5) is 5.69 Å². The molecule has 0 fully saturated rings. The summed E-state index contributed by atoms with van der Waals surface area (Å²) in [5.41, 5.74) is 5.09. The van der Waals surface area contributed by atoms with Gasteiger partial charge in [0.2, 0.25) is 5.91 Å². The molecule has 4 aromatic carbocycles. The van der Waals surface area contributed by atoms with Gasteiger partial charge in [0.1, 0.15) is 6.54 Å². The summed E-state index contributed by atoms with van der Waals surface area (Å²) in [4.78, 5) is 13.7. The first kappa shape index (κ1) is 25.2. The fourth-order valence-corrected chi connectivity index (χ4v) is 5.70. The molecule has 0 heterocycles. The van der Waals surface area contributed by atoms with Gasteiger partial charge >= 0.3 is 0 Å². The van der Waals surface area contributed by atoms with Gasteiger partial charge in [-0.15, -0.1) is 0 Å². The average molecular weight is 499 g/mol. The minimum atomic E-state index is -3.99. The molecule has 0 saturated carbocycles. The second kappa shape index (κ2) is 10.8. The summed E-state index contributed by atoms with van der Waals surface area (Å²) >= 11 is 0. The third-order valence-electron chi connectivity index (χ3n) is 6.07. The number of hydrogen-bond donors (Lipinski definition) is 1. The summed E-state index contributed by atoms with van der Waals surface area (Å²) in [5, 5.41) is 3.09. The van der Waals surface area contributed by atoms with Crippen LogP contribution in [0.15, 0.2) is 108 Å². The van der Waals surface area contributed by atoms with Crippen molar-refractivity contribution < 1.29 is 13.2 Å². The number of anilines is 1. The Bertz CT molecular complexity index is 1450. The molecule has 0 aliphatic rings. The fraction of sp³-hybridized carbons (Fsp3) is 0.167. The van der Waals surface area contributed by atoms with E-state index in [2.05, 4.69) is 5.32 Å². The predicted molar refractivity (Wildman–Crippen MR) is 144 cm³/mol. The van der Waals surface area contributed by atoms with Gasteiger partial charge in [0.05, 0.1) is 16.6 Å². The van der Waals surface area contributed by atoms with Crippen LogP contribution in [0.3, 0.4) is 0 Å². The van der Waals surface area contributed by atoms with Gasteiger partial charge in [-0.2, -0.15) is 0 Å². The van der Waals surface area contributed by atoms with Crippen LogP contribution in [0.2, 0.25) is 0 Å². The molecule has 1 N–H and O–H groups in total. The average Bonchev–Trinajstić information content (AvgIpc) is 2.88. The Morgan fingerprint density at radius 1 is 0.750 bits per heavy atom. The van der Waals surface area contributed by atoms with Crippen LogP contribution < -0.4 is 9.62 Å². The van der Waals surface area contributed by atoms with Gasteiger partial charge in [-0.1, -0.05) is 90.5 Å². The number of carbonyl (C=O) groups is 1. The van der Waals surface area contributed by atoms with E-state index in [0.29, 0.717) is 5.69 Å². The molecule has 1 amide bonds. The Kier molecular flexibility index (Phi) is 7.55. The van der Waals surface area contributed by atoms with E-state index in [1.54, 1.807) is 36.4 Å². The molecule has 0 saturated heterocycles. The number of amides is 1. The lowest BCUT2D eigenvalue weighted by Crippen LogP contribution is -2.42. The molecule has 0 bridgehead atoms. The van der Waals surface area contributed by atoms with Crippen molar-refractivity contribution >= 4 is 21.6 Å². The molecule has 5 nitrogen and oxygen atoms in total. The van der Waals surface area contributed by atoms with Gasteiger partial charge in [-0.05, 0) is 61.2 Å². The topological polar surface area (TPSA) is 66.5 Å². The van der Waals surface area contributed by atoms with Crippen LogP contribution in [0.1, 0.15) is 33.9 Å². The summed E-state index contributed by atoms with van der Waals surface area (Å²) in [6, 6.07) is 31.0. The van der Waals surface area contributed by atoms with Crippen molar-refractivity contribution in [3.63, 3.8) is 0 Å². The Labute approximate surface area is 213 Å². The molecule has 1 unspecified atom stereocenters. The van der Waals surface area contributed by atoms with E-state index >= 15 is 0 Å². The Hall–Kier alpha value is -3.90. The van der Waals surface area contributed by atoms with Crippen molar-refractivity contribution in [2.24, 2.45) is 0 Å². The third kappa shape index (κ3) is 5.66. The summed E-state index contributed by atoms with van der Waals surface area (Å²) in [5.74, 6) is -0.397. The second-order valence-electron chi connectivity index (χ2n) is 8.94. The van der Waals surface area contributed by atoms with E-state index < -0.39 is 22.0 Å². The van der Waals surface area contributed by atoms with Crippen LogP contribution in [-0.4, -0.2) is 20.9 Å². The lowest BCUT2D eigenvalue weighted by molar-refractivity contribution is -0.120. The molecular formula is C30H30N2O3S. The lowest BCUT2D eigenvalue weighted by atomic mass is 9.97. The molecule has 0 aliphatic heterocycles. The van der Waals surface area contributed by atoms with E-state index in [1.165, 1.54) is 4.31 Å². The molecule has 0 spiro atoms.